The predicted octanol–water partition coefficient (Wildman–Crippen LogP) is 5.32. The first-order chi connectivity index (χ1) is 9.38. The zero-order chi connectivity index (χ0) is 14.9. The summed E-state index contributed by atoms with van der Waals surface area (Å²) in [4.78, 5) is 11.2. The van der Waals surface area contributed by atoms with E-state index in [1.807, 2.05) is 26.0 Å². The molecule has 1 N–H and O–H groups in total. The van der Waals surface area contributed by atoms with Gasteiger partial charge in [-0.15, -0.1) is 0 Å². The maximum Gasteiger partial charge on any atom is 0.339 e. The maximum absolute atomic E-state index is 11.2. The van der Waals surface area contributed by atoms with E-state index in [1.54, 1.807) is 12.1 Å². The van der Waals surface area contributed by atoms with Crippen molar-refractivity contribution in [3.63, 3.8) is 0 Å². The van der Waals surface area contributed by atoms with Gasteiger partial charge in [-0.1, -0.05) is 31.9 Å². The molecule has 0 aliphatic carbocycles. The summed E-state index contributed by atoms with van der Waals surface area (Å²) in [5, 5.41) is 9.19. The minimum absolute atomic E-state index is 0.131. The number of ether oxygens (including phenoxy) is 1. The molecule has 2 rings (SSSR count). The van der Waals surface area contributed by atoms with E-state index >= 15 is 0 Å². The monoisotopic (exact) mass is 398 g/mol. The zero-order valence-corrected chi connectivity index (χ0v) is 14.1. The van der Waals surface area contributed by atoms with Crippen molar-refractivity contribution < 1.29 is 14.6 Å². The maximum atomic E-state index is 11.2. The predicted molar refractivity (Wildman–Crippen MR) is 84.8 cm³/mol. The summed E-state index contributed by atoms with van der Waals surface area (Å²) >= 11 is 6.81. The highest BCUT2D eigenvalue weighted by Crippen LogP contribution is 2.32. The van der Waals surface area contributed by atoms with Crippen LogP contribution in [0.1, 0.15) is 21.5 Å². The fourth-order valence-corrected chi connectivity index (χ4v) is 2.42. The molecule has 0 aliphatic heterocycles. The third kappa shape index (κ3) is 3.22. The zero-order valence-electron chi connectivity index (χ0n) is 10.9. The third-order valence-corrected chi connectivity index (χ3v) is 4.56. The number of aromatic carboxylic acids is 1. The molecule has 20 heavy (non-hydrogen) atoms. The summed E-state index contributed by atoms with van der Waals surface area (Å²) in [6.07, 6.45) is 0. The first-order valence-electron chi connectivity index (χ1n) is 5.86. The number of carboxylic acids is 1. The quantitative estimate of drug-likeness (QED) is 0.759. The van der Waals surface area contributed by atoms with Crippen LogP contribution in [0.4, 0.5) is 0 Å². The van der Waals surface area contributed by atoms with E-state index in [1.165, 1.54) is 6.07 Å². The van der Waals surface area contributed by atoms with E-state index in [-0.39, 0.29) is 5.56 Å². The van der Waals surface area contributed by atoms with E-state index in [0.29, 0.717) is 11.5 Å². The Morgan fingerprint density at radius 1 is 1.10 bits per heavy atom. The van der Waals surface area contributed by atoms with Gasteiger partial charge >= 0.3 is 5.97 Å². The summed E-state index contributed by atoms with van der Waals surface area (Å²) in [6.45, 7) is 3.92. The molecular weight excluding hydrogens is 388 g/mol. The lowest BCUT2D eigenvalue weighted by atomic mass is 10.1. The number of carbonyl (C=O) groups is 1. The highest BCUT2D eigenvalue weighted by Gasteiger charge is 2.13. The van der Waals surface area contributed by atoms with E-state index in [2.05, 4.69) is 31.9 Å². The van der Waals surface area contributed by atoms with Gasteiger partial charge in [0.25, 0.3) is 0 Å². The van der Waals surface area contributed by atoms with Crippen LogP contribution in [0.25, 0.3) is 0 Å². The number of hydrogen-bond donors (Lipinski definition) is 1. The lowest BCUT2D eigenvalue weighted by Gasteiger charge is -2.12. The van der Waals surface area contributed by atoms with Crippen molar-refractivity contribution in [3.8, 4) is 11.5 Å². The summed E-state index contributed by atoms with van der Waals surface area (Å²) in [6, 6.07) is 8.57. The number of carboxylic acid groups (broad SMARTS) is 1. The van der Waals surface area contributed by atoms with Crippen molar-refractivity contribution in [1.29, 1.82) is 0 Å². The van der Waals surface area contributed by atoms with Crippen LogP contribution in [0, 0.1) is 13.8 Å². The molecule has 0 aromatic heterocycles. The lowest BCUT2D eigenvalue weighted by Crippen LogP contribution is -2.00. The van der Waals surface area contributed by atoms with Gasteiger partial charge < -0.3 is 9.84 Å². The van der Waals surface area contributed by atoms with Gasteiger partial charge in [-0.2, -0.15) is 0 Å². The fraction of sp³-hybridized carbons (Fsp3) is 0.133. The molecule has 0 atom stereocenters. The van der Waals surface area contributed by atoms with Gasteiger partial charge in [-0.3, -0.25) is 0 Å². The van der Waals surface area contributed by atoms with Crippen molar-refractivity contribution in [1.82, 2.24) is 0 Å². The van der Waals surface area contributed by atoms with E-state index in [9.17, 15) is 9.90 Å². The largest absolute Gasteiger partial charge is 0.478 e. The molecule has 5 heteroatoms. The topological polar surface area (TPSA) is 46.5 Å². The fourth-order valence-electron chi connectivity index (χ4n) is 1.85. The van der Waals surface area contributed by atoms with Crippen molar-refractivity contribution in [3.05, 3.63) is 56.0 Å². The number of aryl methyl sites for hydroxylation is 2. The summed E-state index contributed by atoms with van der Waals surface area (Å²) in [5.74, 6) is -0.0881. The minimum Gasteiger partial charge on any atom is -0.478 e. The van der Waals surface area contributed by atoms with Gasteiger partial charge in [-0.25, -0.2) is 4.79 Å². The summed E-state index contributed by atoms with van der Waals surface area (Å²) in [5.41, 5.74) is 2.20. The van der Waals surface area contributed by atoms with Gasteiger partial charge in [0.15, 0.2) is 0 Å². The van der Waals surface area contributed by atoms with Crippen LogP contribution in [-0.2, 0) is 0 Å². The van der Waals surface area contributed by atoms with Crippen molar-refractivity contribution >= 4 is 37.8 Å². The molecular formula is C15H12Br2O3. The molecule has 0 fully saturated rings. The first kappa shape index (κ1) is 15.1. The molecule has 2 aromatic rings. The van der Waals surface area contributed by atoms with Crippen LogP contribution in [0.3, 0.4) is 0 Å². The lowest BCUT2D eigenvalue weighted by molar-refractivity contribution is 0.0694. The average Bonchev–Trinajstić information content (AvgIpc) is 2.35. The Balaban J connectivity index is 2.44. The van der Waals surface area contributed by atoms with Crippen LogP contribution < -0.4 is 4.74 Å². The van der Waals surface area contributed by atoms with Gasteiger partial charge in [0, 0.05) is 8.95 Å². The van der Waals surface area contributed by atoms with Gasteiger partial charge in [0.2, 0.25) is 0 Å². The molecule has 0 unspecified atom stereocenters. The van der Waals surface area contributed by atoms with E-state index < -0.39 is 5.97 Å². The van der Waals surface area contributed by atoms with Crippen LogP contribution in [0.15, 0.2) is 39.3 Å². The molecule has 104 valence electrons. The van der Waals surface area contributed by atoms with Gasteiger partial charge in [0.05, 0.1) is 0 Å². The van der Waals surface area contributed by atoms with Crippen LogP contribution in [0.2, 0.25) is 0 Å². The molecule has 0 heterocycles. The normalized spacial score (nSPS) is 10.4. The Bertz CT molecular complexity index is 658. The van der Waals surface area contributed by atoms with Crippen molar-refractivity contribution in [2.24, 2.45) is 0 Å². The number of halogens is 2. The third-order valence-electron chi connectivity index (χ3n) is 2.81. The van der Waals surface area contributed by atoms with Crippen LogP contribution in [-0.4, -0.2) is 11.1 Å². The van der Waals surface area contributed by atoms with Crippen molar-refractivity contribution in [2.45, 2.75) is 13.8 Å². The number of rotatable bonds is 3. The molecule has 0 spiro atoms. The summed E-state index contributed by atoms with van der Waals surface area (Å²) in [7, 11) is 0. The van der Waals surface area contributed by atoms with Crippen LogP contribution >= 0.6 is 31.9 Å². The molecule has 2 aromatic carbocycles. The molecule has 0 aliphatic rings. The average molecular weight is 400 g/mol. The van der Waals surface area contributed by atoms with E-state index in [0.717, 1.165) is 20.1 Å². The van der Waals surface area contributed by atoms with Crippen molar-refractivity contribution in [2.75, 3.05) is 0 Å². The number of hydrogen-bond acceptors (Lipinski definition) is 2. The molecule has 0 bridgehead atoms. The standard InChI is InChI=1S/C15H12Br2O3/c1-8-5-11(6-9(2)14(8)17)20-13-7-10(16)3-4-12(13)15(18)19/h3-7H,1-2H3,(H,18,19). The molecule has 3 nitrogen and oxygen atoms in total. The SMILES string of the molecule is Cc1cc(Oc2cc(Br)ccc2C(=O)O)cc(C)c1Br. The molecule has 0 radical (unpaired) electrons. The Hall–Kier alpha value is -1.33. The Morgan fingerprint density at radius 3 is 2.25 bits per heavy atom. The smallest absolute Gasteiger partial charge is 0.339 e. The molecule has 0 amide bonds. The highest BCUT2D eigenvalue weighted by atomic mass is 79.9. The highest BCUT2D eigenvalue weighted by molar-refractivity contribution is 9.10. The minimum atomic E-state index is -1.02. The Kier molecular flexibility index (Phi) is 4.50. The van der Waals surface area contributed by atoms with Gasteiger partial charge in [0.1, 0.15) is 17.1 Å². The number of benzene rings is 2. The molecule has 0 saturated heterocycles. The molecule has 0 saturated carbocycles. The summed E-state index contributed by atoms with van der Waals surface area (Å²) < 4.78 is 7.53. The Labute approximate surface area is 133 Å². The Morgan fingerprint density at radius 2 is 1.70 bits per heavy atom. The van der Waals surface area contributed by atoms with E-state index in [4.69, 9.17) is 4.74 Å². The van der Waals surface area contributed by atoms with Crippen LogP contribution in [0.5, 0.6) is 11.5 Å². The second kappa shape index (κ2) is 5.97. The second-order valence-electron chi connectivity index (χ2n) is 4.42. The van der Waals surface area contributed by atoms with Gasteiger partial charge in [-0.05, 0) is 55.3 Å². The first-order valence-corrected chi connectivity index (χ1v) is 7.44. The second-order valence-corrected chi connectivity index (χ2v) is 6.13.